The topological polar surface area (TPSA) is 60.2 Å². The number of benzene rings is 1. The molecule has 2 aliphatic heterocycles. The number of nitriles is 1. The molecule has 26 heavy (non-hydrogen) atoms. The zero-order chi connectivity index (χ0) is 17.9. The number of hydrogen-bond acceptors (Lipinski definition) is 4. The van der Waals surface area contributed by atoms with Gasteiger partial charge in [-0.15, -0.1) is 0 Å². The summed E-state index contributed by atoms with van der Waals surface area (Å²) in [6, 6.07) is 7.33. The molecule has 1 saturated heterocycles. The minimum absolute atomic E-state index is 0.0798. The molecule has 2 heterocycles. The molecule has 4 nitrogen and oxygen atoms in total. The second kappa shape index (κ2) is 7.27. The highest BCUT2D eigenvalue weighted by Gasteiger charge is 2.26. The van der Waals surface area contributed by atoms with E-state index in [1.54, 1.807) is 12.1 Å². The maximum atomic E-state index is 14.7. The third kappa shape index (κ3) is 3.21. The molecule has 1 aromatic carbocycles. The van der Waals surface area contributed by atoms with Gasteiger partial charge in [-0.05, 0) is 50.1 Å². The van der Waals surface area contributed by atoms with Gasteiger partial charge in [-0.3, -0.25) is 4.99 Å². The third-order valence-corrected chi connectivity index (χ3v) is 5.20. The van der Waals surface area contributed by atoms with Crippen molar-refractivity contribution in [3.05, 3.63) is 64.8 Å². The Labute approximate surface area is 152 Å². The number of hydrogen-bond donors (Lipinski definition) is 2. The third-order valence-electron chi connectivity index (χ3n) is 5.20. The monoisotopic (exact) mass is 348 g/mol. The molecular weight excluding hydrogens is 327 g/mol. The molecule has 5 heteroatoms. The van der Waals surface area contributed by atoms with Crippen LogP contribution in [0.1, 0.15) is 30.4 Å². The van der Waals surface area contributed by atoms with Crippen molar-refractivity contribution < 1.29 is 4.39 Å². The first-order valence-corrected chi connectivity index (χ1v) is 9.08. The predicted molar refractivity (Wildman–Crippen MR) is 101 cm³/mol. The number of piperidine rings is 1. The summed E-state index contributed by atoms with van der Waals surface area (Å²) in [5, 5.41) is 16.2. The predicted octanol–water partition coefficient (Wildman–Crippen LogP) is 3.29. The molecule has 1 atom stereocenters. The molecule has 3 aliphatic rings. The summed E-state index contributed by atoms with van der Waals surface area (Å²) in [5.41, 5.74) is 3.57. The molecule has 0 radical (unpaired) electrons. The molecule has 0 aromatic heterocycles. The van der Waals surface area contributed by atoms with E-state index in [0.717, 1.165) is 49.2 Å². The van der Waals surface area contributed by atoms with Crippen LogP contribution >= 0.6 is 0 Å². The number of fused-ring (bicyclic) bond motifs is 1. The summed E-state index contributed by atoms with van der Waals surface area (Å²) < 4.78 is 14.7. The number of allylic oxidation sites excluding steroid dienone is 4. The maximum Gasteiger partial charge on any atom is 0.148 e. The molecule has 2 N–H and O–H groups in total. The van der Waals surface area contributed by atoms with Crippen LogP contribution in [0.5, 0.6) is 0 Å². The van der Waals surface area contributed by atoms with Crippen LogP contribution in [0.25, 0.3) is 5.57 Å². The van der Waals surface area contributed by atoms with Gasteiger partial charge in [0.25, 0.3) is 0 Å². The molecule has 1 aromatic rings. The highest BCUT2D eigenvalue weighted by molar-refractivity contribution is 5.80. The fourth-order valence-corrected chi connectivity index (χ4v) is 3.78. The molecule has 0 saturated carbocycles. The van der Waals surface area contributed by atoms with Crippen molar-refractivity contribution in [1.82, 2.24) is 10.6 Å². The van der Waals surface area contributed by atoms with Gasteiger partial charge in [0.05, 0.1) is 5.56 Å². The van der Waals surface area contributed by atoms with Gasteiger partial charge in [0.1, 0.15) is 11.9 Å². The summed E-state index contributed by atoms with van der Waals surface area (Å²) in [5.74, 6) is -0.266. The molecule has 132 valence electrons. The van der Waals surface area contributed by atoms with Crippen LogP contribution in [-0.4, -0.2) is 25.3 Å². The van der Waals surface area contributed by atoms with Crippen molar-refractivity contribution in [3.8, 4) is 6.07 Å². The van der Waals surface area contributed by atoms with Gasteiger partial charge in [-0.2, -0.15) is 5.26 Å². The van der Waals surface area contributed by atoms with E-state index >= 15 is 0 Å². The normalized spacial score (nSPS) is 22.6. The summed E-state index contributed by atoms with van der Waals surface area (Å²) >= 11 is 0. The van der Waals surface area contributed by atoms with E-state index in [0.29, 0.717) is 11.6 Å². The first kappa shape index (κ1) is 16.7. The second-order valence-corrected chi connectivity index (χ2v) is 6.89. The molecule has 0 amide bonds. The highest BCUT2D eigenvalue weighted by atomic mass is 19.1. The fourth-order valence-electron chi connectivity index (χ4n) is 3.78. The highest BCUT2D eigenvalue weighted by Crippen LogP contribution is 2.36. The van der Waals surface area contributed by atoms with Gasteiger partial charge >= 0.3 is 0 Å². The smallest absolute Gasteiger partial charge is 0.148 e. The van der Waals surface area contributed by atoms with Crippen molar-refractivity contribution in [2.75, 3.05) is 13.1 Å². The lowest BCUT2D eigenvalue weighted by atomic mass is 9.83. The summed E-state index contributed by atoms with van der Waals surface area (Å²) in [4.78, 5) is 4.32. The quantitative estimate of drug-likeness (QED) is 0.881. The Balaban J connectivity index is 1.71. The zero-order valence-electron chi connectivity index (χ0n) is 14.5. The SMILES string of the molecule is N#Cc1cccc(C2=CC3CC=NC=C3C(NC3CCNCC3)=C2)c1F. The summed E-state index contributed by atoms with van der Waals surface area (Å²) in [7, 11) is 0. The van der Waals surface area contributed by atoms with Gasteiger partial charge in [0, 0.05) is 41.2 Å². The van der Waals surface area contributed by atoms with Gasteiger partial charge in [-0.25, -0.2) is 4.39 Å². The Morgan fingerprint density at radius 3 is 2.92 bits per heavy atom. The average Bonchev–Trinajstić information content (AvgIpc) is 2.69. The van der Waals surface area contributed by atoms with E-state index in [1.807, 2.05) is 24.6 Å². The lowest BCUT2D eigenvalue weighted by Crippen LogP contribution is -2.40. The van der Waals surface area contributed by atoms with Gasteiger partial charge in [-0.1, -0.05) is 18.2 Å². The van der Waals surface area contributed by atoms with Crippen molar-refractivity contribution in [2.24, 2.45) is 10.9 Å². The van der Waals surface area contributed by atoms with E-state index in [1.165, 1.54) is 6.07 Å². The summed E-state index contributed by atoms with van der Waals surface area (Å²) in [6.07, 6.45) is 10.8. The lowest BCUT2D eigenvalue weighted by molar-refractivity contribution is 0.411. The first-order valence-electron chi connectivity index (χ1n) is 9.08. The molecule has 1 aliphatic carbocycles. The van der Waals surface area contributed by atoms with Crippen LogP contribution in [0.2, 0.25) is 0 Å². The standard InChI is InChI=1S/C21H21FN4/c22-21-15(12-23)2-1-3-18(21)16-10-14-4-7-25-13-19(14)20(11-16)26-17-5-8-24-9-6-17/h1-3,7,10-11,13-14,17,24,26H,4-6,8-9H2. The first-order chi connectivity index (χ1) is 12.8. The Morgan fingerprint density at radius 2 is 2.12 bits per heavy atom. The Hall–Kier alpha value is -2.71. The van der Waals surface area contributed by atoms with Crippen LogP contribution < -0.4 is 10.6 Å². The van der Waals surface area contributed by atoms with Crippen LogP contribution in [0.4, 0.5) is 4.39 Å². The van der Waals surface area contributed by atoms with Crippen LogP contribution in [-0.2, 0) is 0 Å². The van der Waals surface area contributed by atoms with E-state index in [-0.39, 0.29) is 11.5 Å². The van der Waals surface area contributed by atoms with Gasteiger partial charge in [0.2, 0.25) is 0 Å². The molecular formula is C21H21FN4. The Morgan fingerprint density at radius 1 is 1.27 bits per heavy atom. The van der Waals surface area contributed by atoms with Crippen LogP contribution in [0.15, 0.2) is 52.8 Å². The van der Waals surface area contributed by atoms with E-state index in [2.05, 4.69) is 21.7 Å². The number of halogens is 1. The summed E-state index contributed by atoms with van der Waals surface area (Å²) in [6.45, 7) is 2.01. The van der Waals surface area contributed by atoms with Crippen LogP contribution in [0, 0.1) is 23.1 Å². The van der Waals surface area contributed by atoms with Gasteiger partial charge < -0.3 is 10.6 Å². The van der Waals surface area contributed by atoms with E-state index in [9.17, 15) is 4.39 Å². The van der Waals surface area contributed by atoms with Crippen molar-refractivity contribution in [1.29, 1.82) is 5.26 Å². The van der Waals surface area contributed by atoms with Crippen molar-refractivity contribution in [2.45, 2.75) is 25.3 Å². The number of aliphatic imine (C=N–C) groups is 1. The zero-order valence-corrected chi connectivity index (χ0v) is 14.5. The fraction of sp³-hybridized carbons (Fsp3) is 0.333. The maximum absolute atomic E-state index is 14.7. The van der Waals surface area contributed by atoms with Crippen LogP contribution in [0.3, 0.4) is 0 Å². The lowest BCUT2D eigenvalue weighted by Gasteiger charge is -2.31. The average molecular weight is 348 g/mol. The molecule has 0 spiro atoms. The number of rotatable bonds is 3. The van der Waals surface area contributed by atoms with Crippen molar-refractivity contribution in [3.63, 3.8) is 0 Å². The molecule has 4 rings (SSSR count). The second-order valence-electron chi connectivity index (χ2n) is 6.89. The number of nitrogens with zero attached hydrogens (tertiary/aromatic N) is 2. The molecule has 1 unspecified atom stereocenters. The minimum Gasteiger partial charge on any atom is -0.382 e. The molecule has 0 bridgehead atoms. The largest absolute Gasteiger partial charge is 0.382 e. The Kier molecular flexibility index (Phi) is 4.68. The van der Waals surface area contributed by atoms with E-state index in [4.69, 9.17) is 5.26 Å². The minimum atomic E-state index is -0.448. The Bertz CT molecular complexity index is 866. The van der Waals surface area contributed by atoms with Gasteiger partial charge in [0.15, 0.2) is 0 Å². The van der Waals surface area contributed by atoms with E-state index < -0.39 is 5.82 Å². The number of nitrogens with one attached hydrogen (secondary N) is 2. The molecule has 1 fully saturated rings. The van der Waals surface area contributed by atoms with Crippen molar-refractivity contribution >= 4 is 11.8 Å².